The molecule has 17 heavy (non-hydrogen) atoms. The van der Waals surface area contributed by atoms with Crippen LogP contribution in [0.15, 0.2) is 0 Å². The lowest BCUT2D eigenvalue weighted by molar-refractivity contribution is -0.150. The van der Waals surface area contributed by atoms with Crippen LogP contribution < -0.4 is 0 Å². The summed E-state index contributed by atoms with van der Waals surface area (Å²) in [5.74, 6) is 0.661. The molecule has 0 aromatic heterocycles. The number of aliphatic hydroxyl groups excluding tert-OH is 1. The number of hydrogen-bond donors (Lipinski definition) is 1. The minimum Gasteiger partial charge on any atom is -0.396 e. The van der Waals surface area contributed by atoms with Gasteiger partial charge in [0, 0.05) is 19.6 Å². The number of aliphatic hydroxyl groups is 1. The number of rotatable bonds is 6. The summed E-state index contributed by atoms with van der Waals surface area (Å²) in [6.07, 6.45) is 0. The molecule has 0 aromatic rings. The van der Waals surface area contributed by atoms with E-state index in [0.29, 0.717) is 24.5 Å². The first-order valence-corrected chi connectivity index (χ1v) is 6.67. The zero-order valence-corrected chi connectivity index (χ0v) is 12.1. The van der Waals surface area contributed by atoms with Crippen molar-refractivity contribution < 1.29 is 9.84 Å². The molecule has 0 atom stereocenters. The third-order valence-corrected chi connectivity index (χ3v) is 3.03. The lowest BCUT2D eigenvalue weighted by Gasteiger charge is -2.45. The minimum absolute atomic E-state index is 0.000139. The molecule has 1 fully saturated rings. The van der Waals surface area contributed by atoms with Crippen LogP contribution >= 0.6 is 0 Å². The summed E-state index contributed by atoms with van der Waals surface area (Å²) in [6.45, 7) is 16.1. The molecule has 0 spiro atoms. The van der Waals surface area contributed by atoms with Crippen LogP contribution in [-0.2, 0) is 4.74 Å². The summed E-state index contributed by atoms with van der Waals surface area (Å²) in [6, 6.07) is 0. The van der Waals surface area contributed by atoms with E-state index in [4.69, 9.17) is 4.74 Å². The lowest BCUT2D eigenvalue weighted by Crippen LogP contribution is -2.54. The molecule has 102 valence electrons. The molecule has 0 aliphatic carbocycles. The second-order valence-corrected chi connectivity index (χ2v) is 7.28. The van der Waals surface area contributed by atoms with Gasteiger partial charge in [-0.15, -0.1) is 0 Å². The smallest absolute Gasteiger partial charge is 0.0579 e. The zero-order chi connectivity index (χ0) is 13.1. The van der Waals surface area contributed by atoms with Gasteiger partial charge in [-0.1, -0.05) is 34.6 Å². The van der Waals surface area contributed by atoms with Crippen molar-refractivity contribution in [2.75, 3.05) is 39.5 Å². The highest BCUT2D eigenvalue weighted by molar-refractivity contribution is 4.89. The first kappa shape index (κ1) is 14.9. The van der Waals surface area contributed by atoms with E-state index in [0.717, 1.165) is 19.6 Å². The molecule has 1 rings (SSSR count). The van der Waals surface area contributed by atoms with E-state index in [2.05, 4.69) is 39.5 Å². The number of nitrogens with zero attached hydrogens (tertiary/aromatic N) is 1. The maximum Gasteiger partial charge on any atom is 0.0579 e. The Labute approximate surface area is 106 Å². The normalized spacial score (nSPS) is 19.8. The molecule has 1 aliphatic heterocycles. The molecule has 0 saturated carbocycles. The quantitative estimate of drug-likeness (QED) is 0.774. The van der Waals surface area contributed by atoms with Gasteiger partial charge in [0.05, 0.1) is 25.2 Å². The largest absolute Gasteiger partial charge is 0.396 e. The topological polar surface area (TPSA) is 32.7 Å². The molecule has 3 nitrogen and oxygen atoms in total. The van der Waals surface area contributed by atoms with Crippen LogP contribution in [0.25, 0.3) is 0 Å². The molecule has 1 saturated heterocycles. The van der Waals surface area contributed by atoms with Gasteiger partial charge in [-0.3, -0.25) is 0 Å². The Morgan fingerprint density at radius 2 is 1.88 bits per heavy atom. The molecule has 0 amide bonds. The standard InChI is InChI=1S/C14H29NO2/c1-12(2)6-15(7-13(3,4)5)8-14(9-16)10-17-11-14/h12,16H,6-11H2,1-5H3. The number of hydrogen-bond acceptors (Lipinski definition) is 3. The summed E-state index contributed by atoms with van der Waals surface area (Å²) in [7, 11) is 0. The maximum absolute atomic E-state index is 9.51. The van der Waals surface area contributed by atoms with Crippen LogP contribution in [0.3, 0.4) is 0 Å². The molecule has 1 heterocycles. The van der Waals surface area contributed by atoms with Gasteiger partial charge in [0.2, 0.25) is 0 Å². The van der Waals surface area contributed by atoms with E-state index in [1.165, 1.54) is 0 Å². The zero-order valence-electron chi connectivity index (χ0n) is 12.1. The monoisotopic (exact) mass is 243 g/mol. The predicted octanol–water partition coefficient (Wildman–Crippen LogP) is 2.00. The molecule has 1 aliphatic rings. The highest BCUT2D eigenvalue weighted by Crippen LogP contribution is 2.29. The summed E-state index contributed by atoms with van der Waals surface area (Å²) < 4.78 is 5.28. The van der Waals surface area contributed by atoms with E-state index < -0.39 is 0 Å². The molecule has 0 aromatic carbocycles. The minimum atomic E-state index is 0.000139. The summed E-state index contributed by atoms with van der Waals surface area (Å²) in [5.41, 5.74) is 0.302. The van der Waals surface area contributed by atoms with Gasteiger partial charge in [0.25, 0.3) is 0 Å². The molecule has 0 unspecified atom stereocenters. The van der Waals surface area contributed by atoms with Gasteiger partial charge in [-0.2, -0.15) is 0 Å². The Bertz CT molecular complexity index is 223. The molecule has 0 radical (unpaired) electrons. The fourth-order valence-corrected chi connectivity index (χ4v) is 2.47. The summed E-state index contributed by atoms with van der Waals surface area (Å²) >= 11 is 0. The molecule has 0 bridgehead atoms. The van der Waals surface area contributed by atoms with E-state index in [1.807, 2.05) is 0 Å². The Morgan fingerprint density at radius 3 is 2.18 bits per heavy atom. The van der Waals surface area contributed by atoms with Gasteiger partial charge in [0.15, 0.2) is 0 Å². The Balaban J connectivity index is 2.56. The third-order valence-electron chi connectivity index (χ3n) is 3.03. The average Bonchev–Trinajstić information content (AvgIpc) is 2.07. The predicted molar refractivity (Wildman–Crippen MR) is 71.1 cm³/mol. The fourth-order valence-electron chi connectivity index (χ4n) is 2.47. The second kappa shape index (κ2) is 5.68. The summed E-state index contributed by atoms with van der Waals surface area (Å²) in [5, 5.41) is 9.51. The molecule has 1 N–H and O–H groups in total. The van der Waals surface area contributed by atoms with Crippen LogP contribution in [-0.4, -0.2) is 49.5 Å². The van der Waals surface area contributed by atoms with Crippen molar-refractivity contribution in [3.63, 3.8) is 0 Å². The van der Waals surface area contributed by atoms with Gasteiger partial charge in [-0.05, 0) is 11.3 Å². The molecular weight excluding hydrogens is 214 g/mol. The van der Waals surface area contributed by atoms with Crippen molar-refractivity contribution in [2.45, 2.75) is 34.6 Å². The first-order chi connectivity index (χ1) is 7.76. The van der Waals surface area contributed by atoms with E-state index in [-0.39, 0.29) is 12.0 Å². The van der Waals surface area contributed by atoms with Crippen molar-refractivity contribution in [3.8, 4) is 0 Å². The second-order valence-electron chi connectivity index (χ2n) is 7.28. The Morgan fingerprint density at radius 1 is 1.29 bits per heavy atom. The molecular formula is C14H29NO2. The van der Waals surface area contributed by atoms with Gasteiger partial charge in [-0.25, -0.2) is 0 Å². The van der Waals surface area contributed by atoms with Gasteiger partial charge < -0.3 is 14.7 Å². The lowest BCUT2D eigenvalue weighted by atomic mass is 9.85. The Hall–Kier alpha value is -0.120. The van der Waals surface area contributed by atoms with Crippen LogP contribution in [0.1, 0.15) is 34.6 Å². The van der Waals surface area contributed by atoms with E-state index >= 15 is 0 Å². The van der Waals surface area contributed by atoms with Crippen molar-refractivity contribution >= 4 is 0 Å². The third kappa shape index (κ3) is 4.94. The first-order valence-electron chi connectivity index (χ1n) is 6.67. The number of ether oxygens (including phenoxy) is 1. The van der Waals surface area contributed by atoms with Crippen LogP contribution in [0.5, 0.6) is 0 Å². The fraction of sp³-hybridized carbons (Fsp3) is 1.00. The van der Waals surface area contributed by atoms with Gasteiger partial charge in [0.1, 0.15) is 0 Å². The van der Waals surface area contributed by atoms with Crippen molar-refractivity contribution in [3.05, 3.63) is 0 Å². The highest BCUT2D eigenvalue weighted by Gasteiger charge is 2.40. The SMILES string of the molecule is CC(C)CN(CC(C)(C)C)CC1(CO)COC1. The van der Waals surface area contributed by atoms with Crippen molar-refractivity contribution in [1.82, 2.24) is 4.90 Å². The maximum atomic E-state index is 9.51. The van der Waals surface area contributed by atoms with E-state index in [1.54, 1.807) is 0 Å². The Kier molecular flexibility index (Phi) is 4.99. The highest BCUT2D eigenvalue weighted by atomic mass is 16.5. The van der Waals surface area contributed by atoms with Crippen LogP contribution in [0.4, 0.5) is 0 Å². The van der Waals surface area contributed by atoms with Crippen LogP contribution in [0.2, 0.25) is 0 Å². The van der Waals surface area contributed by atoms with E-state index in [9.17, 15) is 5.11 Å². The van der Waals surface area contributed by atoms with Crippen molar-refractivity contribution in [1.29, 1.82) is 0 Å². The van der Waals surface area contributed by atoms with Gasteiger partial charge >= 0.3 is 0 Å². The summed E-state index contributed by atoms with van der Waals surface area (Å²) in [4.78, 5) is 2.49. The molecule has 3 heteroatoms. The average molecular weight is 243 g/mol. The van der Waals surface area contributed by atoms with Crippen LogP contribution in [0, 0.1) is 16.7 Å². The van der Waals surface area contributed by atoms with Crippen molar-refractivity contribution in [2.24, 2.45) is 16.7 Å².